The van der Waals surface area contributed by atoms with Gasteiger partial charge in [-0.05, 0) is 37.8 Å². The Morgan fingerprint density at radius 3 is 2.41 bits per heavy atom. The third-order valence-corrected chi connectivity index (χ3v) is 6.96. The summed E-state index contributed by atoms with van der Waals surface area (Å²) in [4.78, 5) is 4.63. The SMILES string of the molecule is Cn1cc(-c2nn(C3CCC(Oc4cn(C)nc4C(F)(F)F)CC3)c3cc(Nc4ccccc4)ncc23)cn1. The topological polar surface area (TPSA) is 87.6 Å². The summed E-state index contributed by atoms with van der Waals surface area (Å²) in [5, 5.41) is 17.1. The van der Waals surface area contributed by atoms with Crippen molar-refractivity contribution >= 4 is 22.4 Å². The predicted octanol–water partition coefficient (Wildman–Crippen LogP) is 5.89. The minimum Gasteiger partial charge on any atom is -0.486 e. The number of aromatic nitrogens is 7. The number of fused-ring (bicyclic) bond motifs is 1. The minimum absolute atomic E-state index is 0.0562. The van der Waals surface area contributed by atoms with Crippen LogP contribution in [0.3, 0.4) is 0 Å². The summed E-state index contributed by atoms with van der Waals surface area (Å²) in [5.41, 5.74) is 2.55. The van der Waals surface area contributed by atoms with Crippen LogP contribution in [0.2, 0.25) is 0 Å². The van der Waals surface area contributed by atoms with E-state index in [0.29, 0.717) is 31.5 Å². The van der Waals surface area contributed by atoms with E-state index in [1.165, 1.54) is 13.2 Å². The van der Waals surface area contributed by atoms with E-state index in [9.17, 15) is 13.2 Å². The Balaban J connectivity index is 1.27. The molecular weight excluding hydrogens is 509 g/mol. The first-order valence-corrected chi connectivity index (χ1v) is 12.7. The molecule has 5 aromatic rings. The average Bonchev–Trinajstić information content (AvgIpc) is 3.61. The Hall–Kier alpha value is -4.35. The lowest BCUT2D eigenvalue weighted by molar-refractivity contribution is -0.143. The molecule has 0 atom stereocenters. The van der Waals surface area contributed by atoms with Crippen LogP contribution in [0.15, 0.2) is 61.2 Å². The Labute approximate surface area is 222 Å². The van der Waals surface area contributed by atoms with Gasteiger partial charge in [0.1, 0.15) is 11.5 Å². The number of halogens is 3. The van der Waals surface area contributed by atoms with E-state index in [1.807, 2.05) is 60.5 Å². The van der Waals surface area contributed by atoms with Gasteiger partial charge >= 0.3 is 6.18 Å². The van der Waals surface area contributed by atoms with E-state index in [4.69, 9.17) is 9.84 Å². The highest BCUT2D eigenvalue weighted by molar-refractivity contribution is 5.94. The van der Waals surface area contributed by atoms with Gasteiger partial charge in [0.25, 0.3) is 0 Å². The number of aryl methyl sites for hydroxylation is 2. The standard InChI is InChI=1S/C27H27F3N8O/c1-36-15-17(13-32-36)25-21-14-31-24(33-18-6-4-3-5-7-18)12-22(21)38(34-25)19-8-10-20(11-9-19)39-23-16-37(2)35-26(23)27(28,29)30/h3-7,12-16,19-20H,8-11H2,1-2H3,(H,31,33). The highest BCUT2D eigenvalue weighted by Crippen LogP contribution is 2.39. The molecule has 0 amide bonds. The van der Waals surface area contributed by atoms with Gasteiger partial charge in [-0.1, -0.05) is 18.2 Å². The molecule has 1 saturated carbocycles. The molecule has 6 rings (SSSR count). The summed E-state index contributed by atoms with van der Waals surface area (Å²) in [6.45, 7) is 0. The van der Waals surface area contributed by atoms with E-state index < -0.39 is 11.9 Å². The second-order valence-electron chi connectivity index (χ2n) is 9.84. The molecule has 1 fully saturated rings. The maximum atomic E-state index is 13.4. The van der Waals surface area contributed by atoms with E-state index in [0.717, 1.165) is 32.5 Å². The van der Waals surface area contributed by atoms with Crippen LogP contribution in [0, 0.1) is 0 Å². The van der Waals surface area contributed by atoms with Gasteiger partial charge in [0.2, 0.25) is 5.69 Å². The van der Waals surface area contributed by atoms with Gasteiger partial charge < -0.3 is 10.1 Å². The third kappa shape index (κ3) is 5.06. The molecule has 0 aliphatic heterocycles. The second kappa shape index (κ2) is 9.75. The van der Waals surface area contributed by atoms with Crippen LogP contribution in [0.4, 0.5) is 24.7 Å². The fourth-order valence-electron chi connectivity index (χ4n) is 5.14. The minimum atomic E-state index is -4.57. The number of pyridine rings is 1. The zero-order chi connectivity index (χ0) is 27.1. The molecule has 0 saturated heterocycles. The number of nitrogens with zero attached hydrogens (tertiary/aromatic N) is 7. The van der Waals surface area contributed by atoms with Crippen LogP contribution < -0.4 is 10.1 Å². The summed E-state index contributed by atoms with van der Waals surface area (Å²) >= 11 is 0. The smallest absolute Gasteiger partial charge is 0.438 e. The number of alkyl halides is 3. The first kappa shape index (κ1) is 25.0. The maximum Gasteiger partial charge on any atom is 0.438 e. The van der Waals surface area contributed by atoms with Crippen molar-refractivity contribution in [3.8, 4) is 17.0 Å². The highest BCUT2D eigenvalue weighted by atomic mass is 19.4. The fraction of sp³-hybridized carbons (Fsp3) is 0.333. The second-order valence-corrected chi connectivity index (χ2v) is 9.84. The van der Waals surface area contributed by atoms with Crippen molar-refractivity contribution in [3.63, 3.8) is 0 Å². The van der Waals surface area contributed by atoms with Gasteiger partial charge in [-0.25, -0.2) is 4.98 Å². The molecule has 202 valence electrons. The Morgan fingerprint density at radius 1 is 0.949 bits per heavy atom. The van der Waals surface area contributed by atoms with E-state index >= 15 is 0 Å². The largest absolute Gasteiger partial charge is 0.486 e. The molecule has 12 heteroatoms. The number of ether oxygens (including phenoxy) is 1. The van der Waals surface area contributed by atoms with Crippen LogP contribution >= 0.6 is 0 Å². The van der Waals surface area contributed by atoms with Crippen molar-refractivity contribution in [1.82, 2.24) is 34.3 Å². The lowest BCUT2D eigenvalue weighted by atomic mass is 9.93. The quantitative estimate of drug-likeness (QED) is 0.291. The molecule has 0 spiro atoms. The first-order chi connectivity index (χ1) is 18.7. The van der Waals surface area contributed by atoms with Gasteiger partial charge in [0.15, 0.2) is 5.75 Å². The molecule has 39 heavy (non-hydrogen) atoms. The lowest BCUT2D eigenvalue weighted by Gasteiger charge is -2.29. The van der Waals surface area contributed by atoms with Gasteiger partial charge in [-0.3, -0.25) is 14.0 Å². The molecule has 0 bridgehead atoms. The molecule has 4 heterocycles. The summed E-state index contributed by atoms with van der Waals surface area (Å²) in [7, 11) is 3.31. The third-order valence-electron chi connectivity index (χ3n) is 6.96. The van der Waals surface area contributed by atoms with Crippen molar-refractivity contribution in [2.75, 3.05) is 5.32 Å². The van der Waals surface area contributed by atoms with E-state index in [1.54, 1.807) is 10.9 Å². The Bertz CT molecular complexity index is 1600. The van der Waals surface area contributed by atoms with Crippen LogP contribution in [0.5, 0.6) is 5.75 Å². The number of anilines is 2. The molecule has 1 aliphatic rings. The highest BCUT2D eigenvalue weighted by Gasteiger charge is 2.39. The monoisotopic (exact) mass is 536 g/mol. The number of hydrogen-bond acceptors (Lipinski definition) is 6. The van der Waals surface area contributed by atoms with Crippen molar-refractivity contribution in [1.29, 1.82) is 0 Å². The maximum absolute atomic E-state index is 13.4. The van der Waals surface area contributed by atoms with Crippen LogP contribution in [0.25, 0.3) is 22.2 Å². The van der Waals surface area contributed by atoms with Crippen LogP contribution in [0.1, 0.15) is 37.4 Å². The average molecular weight is 537 g/mol. The molecule has 1 N–H and O–H groups in total. The summed E-state index contributed by atoms with van der Waals surface area (Å²) in [6, 6.07) is 11.8. The lowest BCUT2D eigenvalue weighted by Crippen LogP contribution is -2.27. The number of benzene rings is 1. The molecule has 0 radical (unpaired) electrons. The van der Waals surface area contributed by atoms with Crippen LogP contribution in [-0.4, -0.2) is 40.4 Å². The number of rotatable bonds is 6. The van der Waals surface area contributed by atoms with Gasteiger partial charge in [-0.2, -0.15) is 28.5 Å². The molecule has 0 unspecified atom stereocenters. The Morgan fingerprint density at radius 2 is 1.72 bits per heavy atom. The molecule has 4 aromatic heterocycles. The molecule has 1 aromatic carbocycles. The molecule has 9 nitrogen and oxygen atoms in total. The molecule has 1 aliphatic carbocycles. The van der Waals surface area contributed by atoms with E-state index in [2.05, 4.69) is 20.5 Å². The zero-order valence-corrected chi connectivity index (χ0v) is 21.4. The van der Waals surface area contributed by atoms with Crippen molar-refractivity contribution in [2.45, 2.75) is 44.0 Å². The van der Waals surface area contributed by atoms with Gasteiger partial charge in [-0.15, -0.1) is 0 Å². The number of hydrogen-bond donors (Lipinski definition) is 1. The first-order valence-electron chi connectivity index (χ1n) is 12.7. The van der Waals surface area contributed by atoms with Crippen LogP contribution in [-0.2, 0) is 20.3 Å². The van der Waals surface area contributed by atoms with Crippen molar-refractivity contribution in [3.05, 3.63) is 66.9 Å². The normalized spacial score (nSPS) is 18.0. The van der Waals surface area contributed by atoms with Crippen molar-refractivity contribution < 1.29 is 17.9 Å². The zero-order valence-electron chi connectivity index (χ0n) is 21.4. The summed E-state index contributed by atoms with van der Waals surface area (Å²) < 4.78 is 50.8. The van der Waals surface area contributed by atoms with Gasteiger partial charge in [0.05, 0.1) is 30.1 Å². The Kier molecular flexibility index (Phi) is 6.24. The predicted molar refractivity (Wildman–Crippen MR) is 140 cm³/mol. The number of para-hydroxylation sites is 1. The van der Waals surface area contributed by atoms with E-state index in [-0.39, 0.29) is 17.9 Å². The number of nitrogens with one attached hydrogen (secondary N) is 1. The summed E-state index contributed by atoms with van der Waals surface area (Å²) in [6.07, 6.45) is 4.51. The molecular formula is C27H27F3N8O. The van der Waals surface area contributed by atoms with Gasteiger partial charge in [0, 0.05) is 49.2 Å². The van der Waals surface area contributed by atoms with Crippen molar-refractivity contribution in [2.24, 2.45) is 14.1 Å². The summed E-state index contributed by atoms with van der Waals surface area (Å²) in [5.74, 6) is 0.473. The fourth-order valence-corrected chi connectivity index (χ4v) is 5.14.